The Morgan fingerprint density at radius 2 is 1.89 bits per heavy atom. The van der Waals surface area contributed by atoms with Gasteiger partial charge < -0.3 is 0 Å². The van der Waals surface area contributed by atoms with Crippen molar-refractivity contribution >= 4 is 80.4 Å². The van der Waals surface area contributed by atoms with Crippen molar-refractivity contribution < 1.29 is 8.42 Å². The molecule has 0 aliphatic carbocycles. The van der Waals surface area contributed by atoms with E-state index in [-0.39, 0.29) is 15.7 Å². The summed E-state index contributed by atoms with van der Waals surface area (Å²) in [6.45, 7) is 14.1. The van der Waals surface area contributed by atoms with Gasteiger partial charge in [-0.1, -0.05) is 48.4 Å². The molecule has 0 bridgehead atoms. The lowest BCUT2D eigenvalue weighted by Crippen LogP contribution is -2.31. The van der Waals surface area contributed by atoms with Gasteiger partial charge >= 0.3 is 0 Å². The molecule has 190 valence electrons. The topological polar surface area (TPSA) is 83.2 Å². The van der Waals surface area contributed by atoms with Crippen LogP contribution >= 0.6 is 18.5 Å². The molecule has 0 amide bonds. The Labute approximate surface area is 223 Å². The molecule has 1 N–H and O–H groups in total. The summed E-state index contributed by atoms with van der Waals surface area (Å²) in [6, 6.07) is 10.5. The van der Waals surface area contributed by atoms with Crippen LogP contribution in [-0.4, -0.2) is 38.5 Å². The molecule has 1 heterocycles. The third-order valence-electron chi connectivity index (χ3n) is 5.27. The summed E-state index contributed by atoms with van der Waals surface area (Å²) in [6.07, 6.45) is 3.86. The van der Waals surface area contributed by atoms with Crippen LogP contribution < -0.4 is 20.8 Å². The van der Waals surface area contributed by atoms with Gasteiger partial charge in [0, 0.05) is 32.2 Å². The van der Waals surface area contributed by atoms with Gasteiger partial charge in [0.1, 0.15) is 13.9 Å². The lowest BCUT2D eigenvalue weighted by molar-refractivity contribution is 0.602. The molecule has 1 aliphatic rings. The summed E-state index contributed by atoms with van der Waals surface area (Å²) in [5, 5.41) is 1.32. The van der Waals surface area contributed by atoms with Crippen LogP contribution in [0, 0.1) is 0 Å². The van der Waals surface area contributed by atoms with E-state index in [9.17, 15) is 8.42 Å². The molecule has 4 unspecified atom stereocenters. The van der Waals surface area contributed by atoms with Crippen molar-refractivity contribution in [2.75, 3.05) is 4.72 Å². The number of hydrogen-bond donors (Lipinski definition) is 1. The first-order chi connectivity index (χ1) is 16.8. The molecule has 11 heteroatoms. The van der Waals surface area contributed by atoms with Crippen LogP contribution in [0.1, 0.15) is 40.2 Å². The van der Waals surface area contributed by atoms with Gasteiger partial charge in [-0.3, -0.25) is 9.71 Å². The Balaban J connectivity index is 2.14. The standard InChI is InChI=1S/C25H33BN4O2P2S2/c1-7-10-18(27-15(2)3)22-21(28-35(29-22)25(4,5)6)16-11-8-13-19(23(16)34)30-36(31,32)24-17(26)12-9-14-20(24)33/h7-14,22,30H,2,26,33-34H2,1,3-6H3/b10-7-,27-18+. The Bertz CT molecular complexity index is 1420. The number of nitrogens with one attached hydrogen (secondary N) is 1. The molecule has 2 aromatic rings. The number of anilines is 1. The van der Waals surface area contributed by atoms with E-state index in [4.69, 9.17) is 8.76 Å². The first kappa shape index (κ1) is 28.7. The number of allylic oxidation sites excluding steroid dienone is 2. The Morgan fingerprint density at radius 3 is 2.47 bits per heavy atom. The van der Waals surface area contributed by atoms with Gasteiger partial charge in [-0.2, -0.15) is 0 Å². The summed E-state index contributed by atoms with van der Waals surface area (Å²) >= 11 is 0. The van der Waals surface area contributed by atoms with Gasteiger partial charge in [0.15, 0.2) is 0 Å². The van der Waals surface area contributed by atoms with Crippen molar-refractivity contribution in [2.45, 2.75) is 50.3 Å². The molecule has 0 spiro atoms. The van der Waals surface area contributed by atoms with Crippen molar-refractivity contribution in [3.63, 3.8) is 0 Å². The second-order valence-electron chi connectivity index (χ2n) is 9.50. The first-order valence-corrected chi connectivity index (χ1v) is 15.2. The van der Waals surface area contributed by atoms with Gasteiger partial charge in [-0.05, 0) is 52.1 Å². The first-order valence-electron chi connectivity index (χ1n) is 11.4. The molecule has 0 radical (unpaired) electrons. The monoisotopic (exact) mass is 558 g/mol. The number of benzene rings is 2. The van der Waals surface area contributed by atoms with Crippen LogP contribution in [0.15, 0.2) is 79.5 Å². The fraction of sp³-hybridized carbons (Fsp3) is 0.280. The van der Waals surface area contributed by atoms with Crippen molar-refractivity contribution in [3.05, 3.63) is 66.4 Å². The van der Waals surface area contributed by atoms with Crippen LogP contribution in [0.25, 0.3) is 0 Å². The van der Waals surface area contributed by atoms with Crippen LogP contribution in [0.3, 0.4) is 0 Å². The summed E-state index contributed by atoms with van der Waals surface area (Å²) in [5.41, 5.74) is 4.16. The van der Waals surface area contributed by atoms with Gasteiger partial charge in [-0.15, -0.1) is 18.5 Å². The maximum Gasteiger partial charge on any atom is 0.261 e. The zero-order valence-corrected chi connectivity index (χ0v) is 25.5. The average Bonchev–Trinajstić information content (AvgIpc) is 3.20. The van der Waals surface area contributed by atoms with E-state index in [0.717, 1.165) is 17.0 Å². The highest BCUT2D eigenvalue weighted by atomic mass is 32.2. The second-order valence-corrected chi connectivity index (χ2v) is 14.5. The van der Waals surface area contributed by atoms with Gasteiger partial charge in [-0.25, -0.2) is 17.2 Å². The lowest BCUT2D eigenvalue weighted by atomic mass is 9.97. The third-order valence-corrected chi connectivity index (χ3v) is 10.0. The lowest BCUT2D eigenvalue weighted by Gasteiger charge is -2.18. The van der Waals surface area contributed by atoms with Crippen molar-refractivity contribution in [3.8, 4) is 0 Å². The van der Waals surface area contributed by atoms with E-state index in [1.54, 1.807) is 26.0 Å². The van der Waals surface area contributed by atoms with E-state index in [2.05, 4.69) is 55.5 Å². The minimum absolute atomic E-state index is 0.162. The molecule has 6 nitrogen and oxygen atoms in total. The smallest absolute Gasteiger partial charge is 0.261 e. The van der Waals surface area contributed by atoms with Gasteiger partial charge in [0.25, 0.3) is 10.0 Å². The van der Waals surface area contributed by atoms with Gasteiger partial charge in [0.05, 0.1) is 22.0 Å². The molecule has 2 aromatic carbocycles. The molecule has 3 rings (SSSR count). The highest BCUT2D eigenvalue weighted by molar-refractivity contribution is 7.93. The SMILES string of the molecule is Bc1cccc(P)c1S(=O)(=O)Nc1cccc(C2=NS(C(C)(C)C)=NC2C(/C=C\C)=N/C(=C)C)c1P. The van der Waals surface area contributed by atoms with E-state index in [1.165, 1.54) is 0 Å². The number of sulfonamides is 1. The van der Waals surface area contributed by atoms with E-state index < -0.39 is 20.9 Å². The maximum atomic E-state index is 13.4. The third kappa shape index (κ3) is 6.31. The maximum absolute atomic E-state index is 13.4. The molecule has 4 atom stereocenters. The minimum atomic E-state index is -3.82. The van der Waals surface area contributed by atoms with Crippen molar-refractivity contribution in [2.24, 2.45) is 13.8 Å². The minimum Gasteiger partial charge on any atom is -0.279 e. The summed E-state index contributed by atoms with van der Waals surface area (Å²) in [7, 11) is 2.57. The number of nitrogens with zero attached hydrogens (tertiary/aromatic N) is 3. The fourth-order valence-electron chi connectivity index (χ4n) is 3.70. The molecular formula is C25H33BN4O2P2S2. The highest BCUT2D eigenvalue weighted by Gasteiger charge is 2.33. The normalized spacial score (nSPS) is 18.8. The summed E-state index contributed by atoms with van der Waals surface area (Å²) < 4.78 is 39.5. The van der Waals surface area contributed by atoms with Crippen LogP contribution in [0.4, 0.5) is 5.69 Å². The van der Waals surface area contributed by atoms with Crippen molar-refractivity contribution in [1.29, 1.82) is 0 Å². The zero-order chi connectivity index (χ0) is 26.8. The van der Waals surface area contributed by atoms with Crippen LogP contribution in [0.5, 0.6) is 0 Å². The highest BCUT2D eigenvalue weighted by Crippen LogP contribution is 2.28. The molecule has 36 heavy (non-hydrogen) atoms. The molecule has 0 saturated heterocycles. The predicted molar refractivity (Wildman–Crippen MR) is 167 cm³/mol. The van der Waals surface area contributed by atoms with E-state index >= 15 is 0 Å². The molecule has 1 aliphatic heterocycles. The Morgan fingerprint density at radius 1 is 1.22 bits per heavy atom. The number of aliphatic imine (C=N–C) groups is 1. The van der Waals surface area contributed by atoms with Gasteiger partial charge in [0.2, 0.25) is 0 Å². The Hall–Kier alpha value is -1.92. The van der Waals surface area contributed by atoms with E-state index in [0.29, 0.717) is 27.5 Å². The average molecular weight is 558 g/mol. The molecular weight excluding hydrogens is 525 g/mol. The number of hydrogen-bond acceptors (Lipinski definition) is 5. The van der Waals surface area contributed by atoms with E-state index in [1.807, 2.05) is 44.2 Å². The largest absolute Gasteiger partial charge is 0.279 e. The second kappa shape index (κ2) is 11.2. The fourth-order valence-corrected chi connectivity index (χ4v) is 7.89. The molecule has 0 fully saturated rings. The predicted octanol–water partition coefficient (Wildman–Crippen LogP) is 2.98. The van der Waals surface area contributed by atoms with Crippen molar-refractivity contribution in [1.82, 2.24) is 0 Å². The molecule has 0 saturated carbocycles. The quantitative estimate of drug-likeness (QED) is 0.322. The zero-order valence-electron chi connectivity index (χ0n) is 21.5. The van der Waals surface area contributed by atoms with Crippen LogP contribution in [0.2, 0.25) is 0 Å². The van der Waals surface area contributed by atoms with Crippen LogP contribution in [-0.2, 0) is 20.9 Å². The summed E-state index contributed by atoms with van der Waals surface area (Å²) in [4.78, 5) is 4.91. The summed E-state index contributed by atoms with van der Waals surface area (Å²) in [5.74, 6) is 0. The Kier molecular flexibility index (Phi) is 8.93. The molecule has 0 aromatic heterocycles. The number of rotatable bonds is 7.